The number of rotatable bonds is 10. The van der Waals surface area contributed by atoms with Crippen molar-refractivity contribution in [3.05, 3.63) is 35.9 Å². The first-order chi connectivity index (χ1) is 19.2. The van der Waals surface area contributed by atoms with Gasteiger partial charge in [-0.2, -0.15) is 0 Å². The highest BCUT2D eigenvalue weighted by Gasteiger charge is 2.39. The van der Waals surface area contributed by atoms with Gasteiger partial charge in [-0.3, -0.25) is 9.80 Å². The molecule has 254 valence electrons. The number of aliphatic carboxylic acids is 1. The second kappa shape index (κ2) is 17.0. The zero-order valence-electron chi connectivity index (χ0n) is 26.4. The first-order valence-electron chi connectivity index (χ1n) is 13.3. The lowest BCUT2D eigenvalue weighted by molar-refractivity contribution is -0.154. The first-order valence-corrected chi connectivity index (χ1v) is 13.3. The second-order valence-corrected chi connectivity index (χ2v) is 12.2. The van der Waals surface area contributed by atoms with E-state index in [0.29, 0.717) is 18.7 Å². The first kappa shape index (κ1) is 42.6. The molecular weight excluding hydrogens is 592 g/mol. The summed E-state index contributed by atoms with van der Waals surface area (Å²) in [7, 11) is 2.37. The Kier molecular flexibility index (Phi) is 16.5. The van der Waals surface area contributed by atoms with E-state index in [1.165, 1.54) is 7.05 Å². The minimum Gasteiger partial charge on any atom is -0.480 e. The van der Waals surface area contributed by atoms with Crippen molar-refractivity contribution in [2.75, 3.05) is 14.1 Å². The number of carboxylic acids is 1. The molecule has 0 aliphatic rings. The van der Waals surface area contributed by atoms with E-state index in [2.05, 4.69) is 0 Å². The monoisotopic (exact) mass is 640 g/mol. The van der Waals surface area contributed by atoms with Crippen LogP contribution in [0.4, 0.5) is 27.2 Å². The summed E-state index contributed by atoms with van der Waals surface area (Å²) in [5, 5.41) is 8.87. The van der Waals surface area contributed by atoms with Crippen LogP contribution in [0, 0.1) is 0 Å². The van der Waals surface area contributed by atoms with Crippen LogP contribution >= 0.6 is 0 Å². The molecule has 2 atom stereocenters. The van der Waals surface area contributed by atoms with Gasteiger partial charge in [0.1, 0.15) is 29.9 Å². The molecule has 0 spiro atoms. The van der Waals surface area contributed by atoms with E-state index in [1.54, 1.807) is 65.8 Å². The van der Waals surface area contributed by atoms with E-state index in [4.69, 9.17) is 19.3 Å². The zero-order chi connectivity index (χ0) is 34.0. The van der Waals surface area contributed by atoms with E-state index in [9.17, 15) is 36.7 Å². The number of likely N-dealkylation sites (N-methyl/N-ethyl adjacent to an activating group) is 2. The minimum absolute atomic E-state index is 0. The molecule has 44 heavy (non-hydrogen) atoms. The molecule has 2 amide bonds. The van der Waals surface area contributed by atoms with Crippen molar-refractivity contribution in [1.29, 1.82) is 0 Å². The number of halogens is 4. The highest BCUT2D eigenvalue weighted by Crippen LogP contribution is 2.24. The molecule has 1 N–H and O–H groups in total. The summed E-state index contributed by atoms with van der Waals surface area (Å²) >= 11 is 0. The van der Waals surface area contributed by atoms with Crippen molar-refractivity contribution in [2.45, 2.75) is 117 Å². The molecule has 1 aromatic rings. The number of nitrogens with zero attached hydrogens (tertiary/aromatic N) is 2. The van der Waals surface area contributed by atoms with E-state index >= 15 is 0 Å². The van der Waals surface area contributed by atoms with Gasteiger partial charge >= 0.3 is 24.1 Å². The van der Waals surface area contributed by atoms with Gasteiger partial charge in [-0.1, -0.05) is 37.8 Å². The maximum absolute atomic E-state index is 13.5. The van der Waals surface area contributed by atoms with Gasteiger partial charge in [-0.25, -0.2) is 36.7 Å². The minimum atomic E-state index is -3.18. The number of carboxylic acid groups (broad SMARTS) is 1. The number of carbonyl (C=O) groups excluding carboxylic acids is 3. The summed E-state index contributed by atoms with van der Waals surface area (Å²) in [6.45, 7) is 11.0. The number of esters is 1. The Morgan fingerprint density at radius 1 is 0.727 bits per heavy atom. The van der Waals surface area contributed by atoms with Crippen molar-refractivity contribution < 1.29 is 56.1 Å². The number of carbonyl (C=O) groups is 4. The van der Waals surface area contributed by atoms with Gasteiger partial charge < -0.3 is 19.3 Å². The fourth-order valence-electron chi connectivity index (χ4n) is 3.19. The summed E-state index contributed by atoms with van der Waals surface area (Å²) in [6, 6.07) is 5.77. The summed E-state index contributed by atoms with van der Waals surface area (Å²) in [4.78, 5) is 48.4. The van der Waals surface area contributed by atoms with Crippen LogP contribution in [0.1, 0.15) is 81.2 Å². The van der Waals surface area contributed by atoms with Crippen molar-refractivity contribution in [2.24, 2.45) is 0 Å². The van der Waals surface area contributed by atoms with E-state index < -0.39 is 72.1 Å². The molecule has 0 bridgehead atoms. The maximum atomic E-state index is 13.5. The number of amides is 2. The van der Waals surface area contributed by atoms with Crippen LogP contribution < -0.4 is 0 Å². The number of ether oxygens (including phenoxy) is 3. The molecule has 14 heteroatoms. The largest absolute Gasteiger partial charge is 0.480 e. The molecule has 10 nitrogen and oxygen atoms in total. The maximum Gasteiger partial charge on any atom is 0.410 e. The fraction of sp³-hybridized carbons (Fsp3) is 0.667. The van der Waals surface area contributed by atoms with Crippen molar-refractivity contribution in [3.8, 4) is 0 Å². The molecule has 0 aliphatic carbocycles. The number of hydrogen-bond acceptors (Lipinski definition) is 7. The second-order valence-electron chi connectivity index (χ2n) is 12.2. The van der Waals surface area contributed by atoms with Crippen LogP contribution in [-0.2, 0) is 30.4 Å². The summed E-state index contributed by atoms with van der Waals surface area (Å²) in [5.74, 6) is -8.73. The van der Waals surface area contributed by atoms with Gasteiger partial charge in [-0.15, -0.1) is 0 Å². The van der Waals surface area contributed by atoms with Gasteiger partial charge in [0, 0.05) is 26.9 Å². The predicted octanol–water partition coefficient (Wildman–Crippen LogP) is 7.00. The van der Waals surface area contributed by atoms with Crippen molar-refractivity contribution >= 4 is 24.1 Å². The summed E-state index contributed by atoms with van der Waals surface area (Å²) < 4.78 is 67.8. The Balaban J connectivity index is 0. The number of hydrogen-bond donors (Lipinski definition) is 1. The molecule has 1 rings (SSSR count). The number of alkyl halides is 4. The van der Waals surface area contributed by atoms with Crippen molar-refractivity contribution in [3.63, 3.8) is 0 Å². The van der Waals surface area contributed by atoms with E-state index in [-0.39, 0.29) is 14.0 Å². The Morgan fingerprint density at radius 2 is 1.09 bits per heavy atom. The van der Waals surface area contributed by atoms with Crippen LogP contribution in [-0.4, -0.2) is 88.3 Å². The Bertz CT molecular complexity index is 1060. The normalized spacial score (nSPS) is 13.1. The smallest absolute Gasteiger partial charge is 0.410 e. The fourth-order valence-corrected chi connectivity index (χ4v) is 3.19. The van der Waals surface area contributed by atoms with Gasteiger partial charge in [0.05, 0.1) is 0 Å². The summed E-state index contributed by atoms with van der Waals surface area (Å²) in [6.07, 6.45) is -3.62. The van der Waals surface area contributed by atoms with Gasteiger partial charge in [0.25, 0.3) is 0 Å². The Morgan fingerprint density at radius 3 is 1.43 bits per heavy atom. The Labute approximate surface area is 257 Å². The molecule has 0 fully saturated rings. The average Bonchev–Trinajstić information content (AvgIpc) is 2.81. The molecule has 0 heterocycles. The van der Waals surface area contributed by atoms with Gasteiger partial charge in [0.15, 0.2) is 0 Å². The molecule has 0 unspecified atom stereocenters. The third kappa shape index (κ3) is 18.9. The molecule has 0 aromatic heterocycles. The lowest BCUT2D eigenvalue weighted by Crippen LogP contribution is -2.47. The van der Waals surface area contributed by atoms with Crippen LogP contribution in [0.15, 0.2) is 30.3 Å². The lowest BCUT2D eigenvalue weighted by atomic mass is 10.1. The third-order valence-electron chi connectivity index (χ3n) is 5.18. The Hall–Kier alpha value is -3.58. The van der Waals surface area contributed by atoms with Crippen LogP contribution in [0.3, 0.4) is 0 Å². The number of benzene rings is 1. The van der Waals surface area contributed by atoms with Crippen LogP contribution in [0.2, 0.25) is 0 Å². The summed E-state index contributed by atoms with van der Waals surface area (Å²) in [5.41, 5.74) is -0.903. The van der Waals surface area contributed by atoms with Crippen molar-refractivity contribution in [1.82, 2.24) is 9.80 Å². The SMILES string of the molecule is C.CN(C(=O)OC(C)(C)C)[C@@H](CC(C)(F)F)C(=O)O.CN(C(=O)OC(C)(C)C)[C@@H](CC(C)(F)F)C(=O)OCc1ccccc1. The lowest BCUT2D eigenvalue weighted by Gasteiger charge is -2.30. The highest BCUT2D eigenvalue weighted by atomic mass is 19.3. The molecule has 1 aromatic carbocycles. The standard InChI is InChI=1S/C18H25F2NO4.C11H19F2NO4.CH4/c1-17(2,3)25-16(23)21(5)14(11-18(4,19)20)15(22)24-12-13-9-7-6-8-10-13;1-10(2,3)18-9(17)14(5)7(8(15)16)6-11(4,12)13;/h6-10,14H,11-12H2,1-5H3;7H,6H2,1-5H3,(H,15,16);1H4/t14-;7-;/m00./s1. The van der Waals surface area contributed by atoms with Crippen LogP contribution in [0.25, 0.3) is 0 Å². The average molecular weight is 641 g/mol. The molecule has 0 saturated heterocycles. The van der Waals surface area contributed by atoms with Crippen LogP contribution in [0.5, 0.6) is 0 Å². The molecule has 0 radical (unpaired) electrons. The topological polar surface area (TPSA) is 123 Å². The highest BCUT2D eigenvalue weighted by molar-refractivity contribution is 5.81. The zero-order valence-corrected chi connectivity index (χ0v) is 26.4. The van der Waals surface area contributed by atoms with E-state index in [1.807, 2.05) is 6.07 Å². The predicted molar refractivity (Wildman–Crippen MR) is 157 cm³/mol. The third-order valence-corrected chi connectivity index (χ3v) is 5.18. The molecular formula is C30H48F4N2O8. The quantitative estimate of drug-likeness (QED) is 0.165. The van der Waals surface area contributed by atoms with Gasteiger partial charge in [-0.05, 0) is 61.0 Å². The van der Waals surface area contributed by atoms with Gasteiger partial charge in [0.2, 0.25) is 11.8 Å². The van der Waals surface area contributed by atoms with E-state index in [0.717, 1.165) is 17.5 Å². The molecule has 0 saturated carbocycles. The molecule has 0 aliphatic heterocycles.